The molecule has 0 bridgehead atoms. The Morgan fingerprint density at radius 3 is 2.89 bits per heavy atom. The smallest absolute Gasteiger partial charge is 0.219 e. The third-order valence-electron chi connectivity index (χ3n) is 5.69. The number of hydrogen-bond acceptors (Lipinski definition) is 7. The first-order valence-electron chi connectivity index (χ1n) is 9.82. The van der Waals surface area contributed by atoms with Crippen LogP contribution in [0.3, 0.4) is 0 Å². The van der Waals surface area contributed by atoms with Crippen molar-refractivity contribution in [3.05, 3.63) is 40.5 Å². The zero-order valence-electron chi connectivity index (χ0n) is 16.4. The van der Waals surface area contributed by atoms with Gasteiger partial charge in [0.05, 0.1) is 31.1 Å². The SMILES string of the molecule is Cc1ncnc(OCC2CCN(c3nc4c(cc3C#N)COCC4)CC2)c1C. The zero-order valence-corrected chi connectivity index (χ0v) is 16.4. The summed E-state index contributed by atoms with van der Waals surface area (Å²) < 4.78 is 11.5. The second-order valence-corrected chi connectivity index (χ2v) is 7.51. The molecule has 0 amide bonds. The molecule has 0 radical (unpaired) electrons. The van der Waals surface area contributed by atoms with Gasteiger partial charge in [-0.25, -0.2) is 15.0 Å². The van der Waals surface area contributed by atoms with Gasteiger partial charge in [-0.15, -0.1) is 0 Å². The molecule has 7 nitrogen and oxygen atoms in total. The molecule has 0 saturated carbocycles. The number of pyridine rings is 1. The first-order chi connectivity index (χ1) is 13.7. The summed E-state index contributed by atoms with van der Waals surface area (Å²) in [5.74, 6) is 1.98. The normalized spacial score (nSPS) is 17.1. The fourth-order valence-electron chi connectivity index (χ4n) is 3.77. The maximum absolute atomic E-state index is 9.57. The van der Waals surface area contributed by atoms with Crippen LogP contribution < -0.4 is 9.64 Å². The minimum atomic E-state index is 0.475. The first kappa shape index (κ1) is 18.6. The molecule has 2 aliphatic heterocycles. The maximum atomic E-state index is 9.57. The fourth-order valence-corrected chi connectivity index (χ4v) is 3.77. The van der Waals surface area contributed by atoms with Crippen LogP contribution in [0, 0.1) is 31.1 Å². The highest BCUT2D eigenvalue weighted by atomic mass is 16.5. The first-order valence-corrected chi connectivity index (χ1v) is 9.82. The molecular formula is C21H25N5O2. The minimum Gasteiger partial charge on any atom is -0.477 e. The van der Waals surface area contributed by atoms with E-state index in [4.69, 9.17) is 14.5 Å². The van der Waals surface area contributed by atoms with Crippen LogP contribution in [0.25, 0.3) is 0 Å². The van der Waals surface area contributed by atoms with Gasteiger partial charge in [0.2, 0.25) is 5.88 Å². The van der Waals surface area contributed by atoms with E-state index in [9.17, 15) is 5.26 Å². The topological polar surface area (TPSA) is 84.2 Å². The molecule has 0 spiro atoms. The van der Waals surface area contributed by atoms with Gasteiger partial charge in [-0.1, -0.05) is 0 Å². The van der Waals surface area contributed by atoms with Crippen LogP contribution in [0.2, 0.25) is 0 Å². The van der Waals surface area contributed by atoms with Gasteiger partial charge >= 0.3 is 0 Å². The molecular weight excluding hydrogens is 354 g/mol. The van der Waals surface area contributed by atoms with E-state index in [1.807, 2.05) is 19.9 Å². The second kappa shape index (κ2) is 8.11. The summed E-state index contributed by atoms with van der Waals surface area (Å²) in [6.45, 7) is 7.63. The largest absolute Gasteiger partial charge is 0.477 e. The van der Waals surface area contributed by atoms with E-state index in [0.29, 0.717) is 37.2 Å². The van der Waals surface area contributed by atoms with Crippen molar-refractivity contribution in [1.29, 1.82) is 5.26 Å². The van der Waals surface area contributed by atoms with Crippen LogP contribution in [-0.2, 0) is 17.8 Å². The summed E-state index contributed by atoms with van der Waals surface area (Å²) in [7, 11) is 0. The zero-order chi connectivity index (χ0) is 19.5. The molecule has 7 heteroatoms. The summed E-state index contributed by atoms with van der Waals surface area (Å²) in [5, 5.41) is 9.57. The van der Waals surface area contributed by atoms with Crippen molar-refractivity contribution in [1.82, 2.24) is 15.0 Å². The Bertz CT molecular complexity index is 900. The summed E-state index contributed by atoms with van der Waals surface area (Å²) in [6, 6.07) is 4.26. The van der Waals surface area contributed by atoms with Crippen LogP contribution in [0.1, 0.15) is 40.9 Å². The number of fused-ring (bicyclic) bond motifs is 1. The Morgan fingerprint density at radius 1 is 1.29 bits per heavy atom. The van der Waals surface area contributed by atoms with E-state index in [-0.39, 0.29) is 0 Å². The van der Waals surface area contributed by atoms with Crippen LogP contribution in [0.5, 0.6) is 5.88 Å². The van der Waals surface area contributed by atoms with Gasteiger partial charge in [-0.2, -0.15) is 5.26 Å². The van der Waals surface area contributed by atoms with Gasteiger partial charge in [0, 0.05) is 36.3 Å². The predicted octanol–water partition coefficient (Wildman–Crippen LogP) is 2.73. The van der Waals surface area contributed by atoms with Crippen molar-refractivity contribution < 1.29 is 9.47 Å². The highest BCUT2D eigenvalue weighted by molar-refractivity contribution is 5.56. The van der Waals surface area contributed by atoms with E-state index in [0.717, 1.165) is 60.7 Å². The number of anilines is 1. The molecule has 0 aliphatic carbocycles. The third kappa shape index (κ3) is 3.78. The summed E-state index contributed by atoms with van der Waals surface area (Å²) in [5.41, 5.74) is 4.71. The van der Waals surface area contributed by atoms with Gasteiger partial charge in [-0.05, 0) is 38.7 Å². The summed E-state index contributed by atoms with van der Waals surface area (Å²) in [6.07, 6.45) is 4.39. The average Bonchev–Trinajstić information content (AvgIpc) is 2.74. The van der Waals surface area contributed by atoms with Crippen molar-refractivity contribution in [2.75, 3.05) is 31.2 Å². The number of nitrogens with zero attached hydrogens (tertiary/aromatic N) is 5. The molecule has 0 atom stereocenters. The molecule has 0 N–H and O–H groups in total. The molecule has 28 heavy (non-hydrogen) atoms. The van der Waals surface area contributed by atoms with Crippen molar-refractivity contribution in [3.63, 3.8) is 0 Å². The lowest BCUT2D eigenvalue weighted by Crippen LogP contribution is -2.37. The third-order valence-corrected chi connectivity index (χ3v) is 5.69. The molecule has 146 valence electrons. The lowest BCUT2D eigenvalue weighted by atomic mass is 9.97. The van der Waals surface area contributed by atoms with Gasteiger partial charge in [0.15, 0.2) is 0 Å². The highest BCUT2D eigenvalue weighted by Crippen LogP contribution is 2.28. The monoisotopic (exact) mass is 379 g/mol. The van der Waals surface area contributed by atoms with Crippen LogP contribution in [0.15, 0.2) is 12.4 Å². The Labute approximate surface area is 165 Å². The van der Waals surface area contributed by atoms with Crippen LogP contribution in [0.4, 0.5) is 5.82 Å². The molecule has 2 aliphatic rings. The number of nitriles is 1. The van der Waals surface area contributed by atoms with Gasteiger partial charge in [-0.3, -0.25) is 0 Å². The van der Waals surface area contributed by atoms with Gasteiger partial charge < -0.3 is 14.4 Å². The Kier molecular flexibility index (Phi) is 5.40. The van der Waals surface area contributed by atoms with E-state index >= 15 is 0 Å². The van der Waals surface area contributed by atoms with Gasteiger partial charge in [0.25, 0.3) is 0 Å². The predicted molar refractivity (Wildman–Crippen MR) is 104 cm³/mol. The summed E-state index contributed by atoms with van der Waals surface area (Å²) in [4.78, 5) is 15.5. The molecule has 2 aromatic heterocycles. The van der Waals surface area contributed by atoms with Crippen molar-refractivity contribution in [2.24, 2.45) is 5.92 Å². The van der Waals surface area contributed by atoms with Crippen molar-refractivity contribution in [3.8, 4) is 11.9 Å². The molecule has 0 aromatic carbocycles. The Hall–Kier alpha value is -2.72. The van der Waals surface area contributed by atoms with Gasteiger partial charge in [0.1, 0.15) is 18.2 Å². The Balaban J connectivity index is 1.39. The van der Waals surface area contributed by atoms with E-state index in [1.54, 1.807) is 6.33 Å². The minimum absolute atomic E-state index is 0.475. The highest BCUT2D eigenvalue weighted by Gasteiger charge is 2.25. The molecule has 4 heterocycles. The molecule has 2 aromatic rings. The van der Waals surface area contributed by atoms with E-state index in [1.165, 1.54) is 0 Å². The second-order valence-electron chi connectivity index (χ2n) is 7.51. The number of hydrogen-bond donors (Lipinski definition) is 0. The van der Waals surface area contributed by atoms with Crippen LogP contribution in [-0.4, -0.2) is 41.3 Å². The van der Waals surface area contributed by atoms with Crippen LogP contribution >= 0.6 is 0 Å². The lowest BCUT2D eigenvalue weighted by Gasteiger charge is -2.33. The number of aromatic nitrogens is 3. The van der Waals surface area contributed by atoms with Crippen molar-refractivity contribution >= 4 is 5.82 Å². The average molecular weight is 379 g/mol. The Morgan fingerprint density at radius 2 is 2.11 bits per heavy atom. The molecule has 1 saturated heterocycles. The molecule has 0 unspecified atom stereocenters. The molecule has 4 rings (SSSR count). The number of ether oxygens (including phenoxy) is 2. The number of aryl methyl sites for hydroxylation is 1. The van der Waals surface area contributed by atoms with E-state index in [2.05, 4.69) is 20.9 Å². The number of piperidine rings is 1. The summed E-state index contributed by atoms with van der Waals surface area (Å²) >= 11 is 0. The van der Waals surface area contributed by atoms with Crippen molar-refractivity contribution in [2.45, 2.75) is 39.7 Å². The number of rotatable bonds is 4. The fraction of sp³-hybridized carbons (Fsp3) is 0.524. The lowest BCUT2D eigenvalue weighted by molar-refractivity contribution is 0.109. The molecule has 1 fully saturated rings. The quantitative estimate of drug-likeness (QED) is 0.807. The standard InChI is InChI=1S/C21H25N5O2/c1-14-15(2)23-13-24-21(14)28-11-16-3-6-26(7-4-16)20-17(10-22)9-18-12-27-8-5-19(18)25-20/h9,13,16H,3-8,11-12H2,1-2H3. The maximum Gasteiger partial charge on any atom is 0.219 e. The van der Waals surface area contributed by atoms with E-state index < -0.39 is 0 Å².